The molecule has 0 unspecified atom stereocenters. The Balaban J connectivity index is 1.68. The van der Waals surface area contributed by atoms with Gasteiger partial charge in [-0.15, -0.1) is 0 Å². The van der Waals surface area contributed by atoms with Crippen LogP contribution in [0.2, 0.25) is 0 Å². The zero-order valence-electron chi connectivity index (χ0n) is 16.0. The molecule has 0 aliphatic rings. The first-order chi connectivity index (χ1) is 14.4. The van der Waals surface area contributed by atoms with Crippen LogP contribution in [-0.2, 0) is 4.79 Å². The molecule has 1 aromatic heterocycles. The minimum atomic E-state index is -0.696. The summed E-state index contributed by atoms with van der Waals surface area (Å²) in [7, 11) is 0. The third-order valence-electron chi connectivity index (χ3n) is 4.00. The van der Waals surface area contributed by atoms with Gasteiger partial charge in [0.1, 0.15) is 6.20 Å². The Morgan fingerprint density at radius 3 is 2.63 bits per heavy atom. The van der Waals surface area contributed by atoms with E-state index in [2.05, 4.69) is 15.6 Å². The number of aryl methyl sites for hydroxylation is 1. The lowest BCUT2D eigenvalue weighted by Crippen LogP contribution is -2.23. The van der Waals surface area contributed by atoms with E-state index in [1.54, 1.807) is 30.3 Å². The number of hydrogen-bond donors (Lipinski definition) is 2. The predicted molar refractivity (Wildman–Crippen MR) is 111 cm³/mol. The Morgan fingerprint density at radius 2 is 1.87 bits per heavy atom. The second-order valence-electron chi connectivity index (χ2n) is 6.29. The molecule has 3 aromatic rings. The molecule has 2 aromatic carbocycles. The van der Waals surface area contributed by atoms with Crippen molar-refractivity contribution in [1.82, 2.24) is 4.98 Å². The van der Waals surface area contributed by atoms with E-state index in [1.165, 1.54) is 18.3 Å². The fourth-order valence-electron chi connectivity index (χ4n) is 2.67. The van der Waals surface area contributed by atoms with Crippen LogP contribution in [0.1, 0.15) is 15.9 Å². The van der Waals surface area contributed by atoms with Crippen LogP contribution in [-0.4, -0.2) is 28.3 Å². The maximum absolute atomic E-state index is 12.6. The first-order valence-corrected chi connectivity index (χ1v) is 8.93. The lowest BCUT2D eigenvalue weighted by Gasteiger charge is -2.12. The highest BCUT2D eigenvalue weighted by atomic mass is 16.6. The number of anilines is 2. The van der Waals surface area contributed by atoms with Crippen molar-refractivity contribution in [1.29, 1.82) is 0 Å². The fraction of sp³-hybridized carbons (Fsp3) is 0.0952. The zero-order valence-corrected chi connectivity index (χ0v) is 16.0. The van der Waals surface area contributed by atoms with Crippen molar-refractivity contribution < 1.29 is 19.2 Å². The summed E-state index contributed by atoms with van der Waals surface area (Å²) in [5.74, 6) is -1.57. The number of nitrogens with zero attached hydrogens (tertiary/aromatic N) is 2. The monoisotopic (exact) mass is 406 g/mol. The standard InChI is InChI=1S/C21H18N4O5/c1-14-6-4-7-15(12-14)23-21(27)16-8-2-3-9-17(16)24-19(26)13-30-18-10-5-11-22-20(18)25(28)29/h2-12H,13H2,1H3,(H,23,27)(H,24,26). The normalized spacial score (nSPS) is 10.2. The number of pyridine rings is 1. The number of nitro groups is 1. The lowest BCUT2D eigenvalue weighted by atomic mass is 10.1. The molecule has 1 heterocycles. The van der Waals surface area contributed by atoms with E-state index in [9.17, 15) is 19.7 Å². The highest BCUT2D eigenvalue weighted by molar-refractivity contribution is 6.10. The Labute approximate surface area is 171 Å². The van der Waals surface area contributed by atoms with E-state index in [0.29, 0.717) is 5.69 Å². The molecule has 152 valence electrons. The molecule has 0 fully saturated rings. The molecule has 0 atom stereocenters. The summed E-state index contributed by atoms with van der Waals surface area (Å²) in [4.78, 5) is 38.8. The van der Waals surface area contributed by atoms with Crippen molar-refractivity contribution in [3.8, 4) is 5.75 Å². The van der Waals surface area contributed by atoms with Crippen LogP contribution in [0.3, 0.4) is 0 Å². The number of carbonyl (C=O) groups excluding carboxylic acids is 2. The van der Waals surface area contributed by atoms with Gasteiger partial charge in [-0.3, -0.25) is 9.59 Å². The van der Waals surface area contributed by atoms with Crippen LogP contribution in [0.4, 0.5) is 17.2 Å². The number of benzene rings is 2. The predicted octanol–water partition coefficient (Wildman–Crippen LogP) is 3.57. The van der Waals surface area contributed by atoms with Gasteiger partial charge < -0.3 is 25.5 Å². The van der Waals surface area contributed by atoms with E-state index < -0.39 is 23.3 Å². The van der Waals surface area contributed by atoms with Gasteiger partial charge in [-0.05, 0) is 58.8 Å². The Morgan fingerprint density at radius 1 is 1.07 bits per heavy atom. The molecule has 0 saturated heterocycles. The van der Waals surface area contributed by atoms with Crippen LogP contribution in [0.15, 0.2) is 66.9 Å². The third kappa shape index (κ3) is 5.16. The largest absolute Gasteiger partial charge is 0.476 e. The number of ether oxygens (including phenoxy) is 1. The van der Waals surface area contributed by atoms with Crippen LogP contribution in [0.5, 0.6) is 5.75 Å². The van der Waals surface area contributed by atoms with Crippen molar-refractivity contribution in [2.45, 2.75) is 6.92 Å². The summed E-state index contributed by atoms with van der Waals surface area (Å²) in [6, 6.07) is 16.6. The average molecular weight is 406 g/mol. The van der Waals surface area contributed by atoms with E-state index in [0.717, 1.165) is 5.56 Å². The minimum absolute atomic E-state index is 0.122. The second kappa shape index (κ2) is 9.28. The van der Waals surface area contributed by atoms with Gasteiger partial charge in [0.15, 0.2) is 6.61 Å². The van der Waals surface area contributed by atoms with Crippen LogP contribution >= 0.6 is 0 Å². The van der Waals surface area contributed by atoms with Gasteiger partial charge in [0, 0.05) is 5.69 Å². The molecule has 0 spiro atoms. The zero-order chi connectivity index (χ0) is 21.5. The van der Waals surface area contributed by atoms with Gasteiger partial charge >= 0.3 is 5.82 Å². The summed E-state index contributed by atoms with van der Waals surface area (Å²) >= 11 is 0. The lowest BCUT2D eigenvalue weighted by molar-refractivity contribution is -0.390. The van der Waals surface area contributed by atoms with Gasteiger partial charge in [-0.1, -0.05) is 24.3 Å². The molecule has 9 nitrogen and oxygen atoms in total. The Kier molecular flexibility index (Phi) is 6.33. The highest BCUT2D eigenvalue weighted by Gasteiger charge is 2.18. The van der Waals surface area contributed by atoms with Crippen molar-refractivity contribution in [2.24, 2.45) is 0 Å². The molecular formula is C21H18N4O5. The number of rotatable bonds is 7. The smallest absolute Gasteiger partial charge is 0.406 e. The summed E-state index contributed by atoms with van der Waals surface area (Å²) in [5, 5.41) is 16.3. The maximum Gasteiger partial charge on any atom is 0.406 e. The van der Waals surface area contributed by atoms with Crippen molar-refractivity contribution >= 4 is 29.0 Å². The molecular weight excluding hydrogens is 388 g/mol. The molecule has 0 bridgehead atoms. The highest BCUT2D eigenvalue weighted by Crippen LogP contribution is 2.23. The Hall–Kier alpha value is -4.27. The van der Waals surface area contributed by atoms with Gasteiger partial charge in [0.2, 0.25) is 5.75 Å². The molecule has 0 aliphatic heterocycles. The molecule has 2 amide bonds. The van der Waals surface area contributed by atoms with Crippen molar-refractivity contribution in [3.63, 3.8) is 0 Å². The molecule has 0 aliphatic carbocycles. The summed E-state index contributed by atoms with van der Waals surface area (Å²) < 4.78 is 5.22. The van der Waals surface area contributed by atoms with E-state index >= 15 is 0 Å². The van der Waals surface area contributed by atoms with E-state index in [1.807, 2.05) is 25.1 Å². The van der Waals surface area contributed by atoms with Gasteiger partial charge in [-0.2, -0.15) is 0 Å². The summed E-state index contributed by atoms with van der Waals surface area (Å²) in [6.45, 7) is 1.43. The molecule has 3 rings (SSSR count). The van der Waals surface area contributed by atoms with Crippen LogP contribution in [0, 0.1) is 17.0 Å². The minimum Gasteiger partial charge on any atom is -0.476 e. The molecule has 2 N–H and O–H groups in total. The summed E-state index contributed by atoms with van der Waals surface area (Å²) in [6.07, 6.45) is 1.26. The number of carbonyl (C=O) groups is 2. The maximum atomic E-state index is 12.6. The van der Waals surface area contributed by atoms with Crippen molar-refractivity contribution in [2.75, 3.05) is 17.2 Å². The molecule has 0 saturated carbocycles. The number of nitrogens with one attached hydrogen (secondary N) is 2. The number of para-hydroxylation sites is 1. The number of aromatic nitrogens is 1. The molecule has 30 heavy (non-hydrogen) atoms. The molecule has 0 radical (unpaired) electrons. The first-order valence-electron chi connectivity index (χ1n) is 8.93. The Bertz CT molecular complexity index is 1100. The van der Waals surface area contributed by atoms with Gasteiger partial charge in [0.25, 0.3) is 11.8 Å². The van der Waals surface area contributed by atoms with E-state index in [4.69, 9.17) is 4.74 Å². The van der Waals surface area contributed by atoms with Gasteiger partial charge in [0.05, 0.1) is 11.3 Å². The first kappa shape index (κ1) is 20.5. The quantitative estimate of drug-likeness (QED) is 0.457. The molecule has 9 heteroatoms. The number of hydrogen-bond acceptors (Lipinski definition) is 6. The number of amides is 2. The average Bonchev–Trinajstić information content (AvgIpc) is 2.72. The second-order valence-corrected chi connectivity index (χ2v) is 6.29. The van der Waals surface area contributed by atoms with Gasteiger partial charge in [-0.25, -0.2) is 0 Å². The van der Waals surface area contributed by atoms with Crippen LogP contribution < -0.4 is 15.4 Å². The third-order valence-corrected chi connectivity index (χ3v) is 4.00. The topological polar surface area (TPSA) is 123 Å². The SMILES string of the molecule is Cc1cccc(NC(=O)c2ccccc2NC(=O)COc2cccnc2[N+](=O)[O-])c1. The summed E-state index contributed by atoms with van der Waals surface area (Å²) in [5.41, 5.74) is 2.18. The van der Waals surface area contributed by atoms with Crippen molar-refractivity contribution in [3.05, 3.63) is 88.1 Å². The van der Waals surface area contributed by atoms with Crippen LogP contribution in [0.25, 0.3) is 0 Å². The fourth-order valence-corrected chi connectivity index (χ4v) is 2.67. The van der Waals surface area contributed by atoms with E-state index in [-0.39, 0.29) is 22.9 Å².